The van der Waals surface area contributed by atoms with Gasteiger partial charge in [-0.1, -0.05) is 44.2 Å². The van der Waals surface area contributed by atoms with Crippen LogP contribution in [-0.4, -0.2) is 27.2 Å². The lowest BCUT2D eigenvalue weighted by Crippen LogP contribution is -2.39. The number of anilines is 1. The fourth-order valence-corrected chi connectivity index (χ4v) is 2.88. The van der Waals surface area contributed by atoms with Crippen molar-refractivity contribution in [3.63, 3.8) is 0 Å². The highest BCUT2D eigenvalue weighted by Gasteiger charge is 2.29. The molecule has 0 aromatic carbocycles. The molecule has 2 rings (SSSR count). The first-order chi connectivity index (χ1) is 9.14. The van der Waals surface area contributed by atoms with Crippen LogP contribution in [0.4, 0.5) is 5.82 Å². The van der Waals surface area contributed by atoms with Gasteiger partial charge in [-0.05, 0) is 19.3 Å². The number of rotatable bonds is 5. The summed E-state index contributed by atoms with van der Waals surface area (Å²) >= 11 is 6.11. The predicted molar refractivity (Wildman–Crippen MR) is 77.6 cm³/mol. The Labute approximate surface area is 119 Å². The van der Waals surface area contributed by atoms with Crippen LogP contribution in [-0.2, 0) is 6.42 Å². The van der Waals surface area contributed by atoms with Gasteiger partial charge >= 0.3 is 0 Å². The molecule has 2 N–H and O–H groups in total. The number of aliphatic hydroxyl groups is 1. The molecule has 1 saturated carbocycles. The summed E-state index contributed by atoms with van der Waals surface area (Å²) < 4.78 is 0. The minimum Gasteiger partial charge on any atom is -0.388 e. The molecule has 1 heterocycles. The maximum atomic E-state index is 10.5. The van der Waals surface area contributed by atoms with Gasteiger partial charge in [-0.25, -0.2) is 9.97 Å². The van der Waals surface area contributed by atoms with E-state index in [0.29, 0.717) is 11.7 Å². The first-order valence-corrected chi connectivity index (χ1v) is 7.48. The molecule has 1 aliphatic carbocycles. The number of hydrogen-bond donors (Lipinski definition) is 2. The van der Waals surface area contributed by atoms with E-state index in [9.17, 15) is 5.11 Å². The van der Waals surface area contributed by atoms with E-state index in [-0.39, 0.29) is 0 Å². The molecule has 5 heteroatoms. The topological polar surface area (TPSA) is 58.0 Å². The number of nitrogens with one attached hydrogen (secondary N) is 1. The number of nitrogens with zero attached hydrogens (tertiary/aromatic N) is 2. The summed E-state index contributed by atoms with van der Waals surface area (Å²) in [6.07, 6.45) is 8.46. The van der Waals surface area contributed by atoms with E-state index in [2.05, 4.69) is 22.2 Å². The van der Waals surface area contributed by atoms with Crippen molar-refractivity contribution in [2.75, 3.05) is 11.9 Å². The first kappa shape index (κ1) is 14.5. The molecule has 0 aliphatic heterocycles. The van der Waals surface area contributed by atoms with Crippen LogP contribution in [0.5, 0.6) is 0 Å². The van der Waals surface area contributed by atoms with Gasteiger partial charge in [-0.15, -0.1) is 0 Å². The van der Waals surface area contributed by atoms with E-state index >= 15 is 0 Å². The van der Waals surface area contributed by atoms with Gasteiger partial charge in [-0.2, -0.15) is 0 Å². The van der Waals surface area contributed by atoms with E-state index in [4.69, 9.17) is 11.6 Å². The van der Waals surface area contributed by atoms with Crippen LogP contribution in [0.25, 0.3) is 0 Å². The maximum Gasteiger partial charge on any atom is 0.137 e. The Kier molecular flexibility index (Phi) is 4.99. The fraction of sp³-hybridized carbons (Fsp3) is 0.714. The van der Waals surface area contributed by atoms with Gasteiger partial charge in [0.1, 0.15) is 17.3 Å². The number of halogens is 1. The van der Waals surface area contributed by atoms with Crippen molar-refractivity contribution in [3.8, 4) is 0 Å². The summed E-state index contributed by atoms with van der Waals surface area (Å²) in [7, 11) is 0. The average Bonchev–Trinajstić information content (AvgIpc) is 2.41. The van der Waals surface area contributed by atoms with Crippen molar-refractivity contribution in [2.24, 2.45) is 0 Å². The molecule has 0 unspecified atom stereocenters. The van der Waals surface area contributed by atoms with Gasteiger partial charge in [0.05, 0.1) is 5.60 Å². The Morgan fingerprint density at radius 1 is 1.32 bits per heavy atom. The van der Waals surface area contributed by atoms with E-state index in [1.807, 2.05) is 0 Å². The van der Waals surface area contributed by atoms with Gasteiger partial charge in [0, 0.05) is 12.1 Å². The third-order valence-corrected chi connectivity index (χ3v) is 4.09. The van der Waals surface area contributed by atoms with Gasteiger partial charge in [0.15, 0.2) is 0 Å². The fourth-order valence-electron chi connectivity index (χ4n) is 2.65. The summed E-state index contributed by atoms with van der Waals surface area (Å²) in [5.41, 5.74) is 0.352. The van der Waals surface area contributed by atoms with Crippen LogP contribution in [0, 0.1) is 0 Å². The van der Waals surface area contributed by atoms with E-state index < -0.39 is 5.60 Å². The number of hydrogen-bond acceptors (Lipinski definition) is 4. The molecule has 0 saturated heterocycles. The summed E-state index contributed by atoms with van der Waals surface area (Å²) in [4.78, 5) is 8.28. The second-order valence-corrected chi connectivity index (χ2v) is 5.74. The van der Waals surface area contributed by atoms with Crippen molar-refractivity contribution >= 4 is 17.4 Å². The quantitative estimate of drug-likeness (QED) is 0.815. The molecule has 1 aromatic heterocycles. The van der Waals surface area contributed by atoms with Crippen molar-refractivity contribution in [1.82, 2.24) is 9.97 Å². The molecular weight excluding hydrogens is 262 g/mol. The van der Waals surface area contributed by atoms with Gasteiger partial charge in [-0.3, -0.25) is 0 Å². The average molecular weight is 284 g/mol. The molecule has 4 nitrogen and oxygen atoms in total. The van der Waals surface area contributed by atoms with Crippen molar-refractivity contribution < 1.29 is 5.11 Å². The summed E-state index contributed by atoms with van der Waals surface area (Å²) in [5, 5.41) is 14.3. The second-order valence-electron chi connectivity index (χ2n) is 5.38. The van der Waals surface area contributed by atoms with E-state index in [1.54, 1.807) is 0 Å². The lowest BCUT2D eigenvalue weighted by atomic mass is 9.85. The van der Waals surface area contributed by atoms with Crippen LogP contribution in [0.2, 0.25) is 5.15 Å². The van der Waals surface area contributed by atoms with Gasteiger partial charge in [0.2, 0.25) is 0 Å². The molecule has 1 aliphatic rings. The maximum absolute atomic E-state index is 10.5. The van der Waals surface area contributed by atoms with Crippen LogP contribution < -0.4 is 5.32 Å². The highest BCUT2D eigenvalue weighted by atomic mass is 35.5. The van der Waals surface area contributed by atoms with Crippen LogP contribution >= 0.6 is 11.6 Å². The highest BCUT2D eigenvalue weighted by molar-refractivity contribution is 6.30. The lowest BCUT2D eigenvalue weighted by Gasteiger charge is -2.32. The second kappa shape index (κ2) is 6.53. The molecule has 0 radical (unpaired) electrons. The highest BCUT2D eigenvalue weighted by Crippen LogP contribution is 2.29. The Morgan fingerprint density at radius 2 is 2.05 bits per heavy atom. The molecule has 19 heavy (non-hydrogen) atoms. The van der Waals surface area contributed by atoms with Crippen molar-refractivity contribution in [3.05, 3.63) is 17.0 Å². The van der Waals surface area contributed by atoms with E-state index in [1.165, 1.54) is 12.7 Å². The molecule has 0 bridgehead atoms. The van der Waals surface area contributed by atoms with Crippen LogP contribution in [0.3, 0.4) is 0 Å². The normalized spacial score (nSPS) is 18.3. The van der Waals surface area contributed by atoms with E-state index in [0.717, 1.165) is 49.9 Å². The van der Waals surface area contributed by atoms with Crippen LogP contribution in [0.1, 0.15) is 51.0 Å². The zero-order chi connectivity index (χ0) is 13.7. The zero-order valence-corrected chi connectivity index (χ0v) is 12.2. The third-order valence-electron chi connectivity index (χ3n) is 3.76. The zero-order valence-electron chi connectivity index (χ0n) is 11.5. The summed E-state index contributed by atoms with van der Waals surface area (Å²) in [6.45, 7) is 2.64. The van der Waals surface area contributed by atoms with Gasteiger partial charge < -0.3 is 10.4 Å². The number of aromatic nitrogens is 2. The Morgan fingerprint density at radius 3 is 2.74 bits per heavy atom. The Balaban J connectivity index is 2.04. The summed E-state index contributed by atoms with van der Waals surface area (Å²) in [5.74, 6) is 0.765. The molecule has 106 valence electrons. The molecule has 0 spiro atoms. The molecule has 0 amide bonds. The smallest absolute Gasteiger partial charge is 0.137 e. The van der Waals surface area contributed by atoms with Crippen molar-refractivity contribution in [1.29, 1.82) is 0 Å². The van der Waals surface area contributed by atoms with Crippen molar-refractivity contribution in [2.45, 2.75) is 57.5 Å². The van der Waals surface area contributed by atoms with Crippen LogP contribution in [0.15, 0.2) is 6.33 Å². The lowest BCUT2D eigenvalue weighted by molar-refractivity contribution is 0.0166. The third kappa shape index (κ3) is 3.80. The summed E-state index contributed by atoms with van der Waals surface area (Å²) in [6, 6.07) is 0. The molecule has 1 fully saturated rings. The van der Waals surface area contributed by atoms with Gasteiger partial charge in [0.25, 0.3) is 0 Å². The first-order valence-electron chi connectivity index (χ1n) is 7.10. The monoisotopic (exact) mass is 283 g/mol. The molecular formula is C14H22ClN3O. The Hall–Kier alpha value is -0.870. The predicted octanol–water partition coefficient (Wildman–Crippen LogP) is 3.19. The minimum atomic E-state index is -0.598. The largest absolute Gasteiger partial charge is 0.388 e. The Bertz CT molecular complexity index is 419. The molecule has 1 aromatic rings. The molecule has 0 atom stereocenters. The standard InChI is InChI=1S/C14H22ClN3O/c1-2-6-11-12(15)17-10-18-13(11)16-9-14(19)7-4-3-5-8-14/h10,19H,2-9H2,1H3,(H,16,17,18). The SMILES string of the molecule is CCCc1c(Cl)ncnc1NCC1(O)CCCCC1. The minimum absolute atomic E-state index is 0.509.